The summed E-state index contributed by atoms with van der Waals surface area (Å²) in [6.45, 7) is 1.81. The molecular formula is C20H14F3N5O2. The highest BCUT2D eigenvalue weighted by Crippen LogP contribution is 2.34. The van der Waals surface area contributed by atoms with Crippen LogP contribution in [0.2, 0.25) is 0 Å². The number of H-pyrrole nitrogens is 1. The molecule has 30 heavy (non-hydrogen) atoms. The lowest BCUT2D eigenvalue weighted by Gasteiger charge is -2.13. The Morgan fingerprint density at radius 1 is 1.13 bits per heavy atom. The van der Waals surface area contributed by atoms with Gasteiger partial charge in [-0.2, -0.15) is 18.3 Å². The molecule has 7 nitrogen and oxygen atoms in total. The molecule has 2 aromatic heterocycles. The molecule has 0 fully saturated rings. The number of aryl methyl sites for hydroxylation is 1. The van der Waals surface area contributed by atoms with Crippen LogP contribution in [0.15, 0.2) is 59.8 Å². The maximum atomic E-state index is 13.8. The molecule has 0 aliphatic carbocycles. The monoisotopic (exact) mass is 413 g/mol. The van der Waals surface area contributed by atoms with Crippen molar-refractivity contribution >= 4 is 22.5 Å². The lowest BCUT2D eigenvalue weighted by molar-refractivity contribution is -0.143. The summed E-state index contributed by atoms with van der Waals surface area (Å²) in [5, 5.41) is 6.37. The number of carbonyl (C=O) groups is 1. The van der Waals surface area contributed by atoms with Crippen molar-refractivity contribution in [3.63, 3.8) is 0 Å². The Kier molecular flexibility index (Phi) is 4.61. The molecule has 0 unspecified atom stereocenters. The molecule has 152 valence electrons. The van der Waals surface area contributed by atoms with Crippen LogP contribution in [0.3, 0.4) is 0 Å². The molecule has 0 radical (unpaired) electrons. The minimum Gasteiger partial charge on any atom is -0.322 e. The summed E-state index contributed by atoms with van der Waals surface area (Å²) in [5.41, 5.74) is -0.665. The average Bonchev–Trinajstić information content (AvgIpc) is 3.15. The molecule has 0 saturated heterocycles. The second kappa shape index (κ2) is 7.14. The number of rotatable bonds is 3. The first kappa shape index (κ1) is 19.4. The molecule has 1 amide bonds. The minimum absolute atomic E-state index is 0.155. The summed E-state index contributed by atoms with van der Waals surface area (Å²) in [7, 11) is 0. The highest BCUT2D eigenvalue weighted by Gasteiger charge is 2.40. The van der Waals surface area contributed by atoms with E-state index in [1.165, 1.54) is 36.7 Å². The second-order valence-electron chi connectivity index (χ2n) is 6.57. The summed E-state index contributed by atoms with van der Waals surface area (Å²) in [5.74, 6) is -1.000. The van der Waals surface area contributed by atoms with Crippen molar-refractivity contribution in [3.05, 3.63) is 82.2 Å². The maximum absolute atomic E-state index is 13.8. The van der Waals surface area contributed by atoms with Gasteiger partial charge in [-0.3, -0.25) is 9.59 Å². The lowest BCUT2D eigenvalue weighted by atomic mass is 10.2. The van der Waals surface area contributed by atoms with Gasteiger partial charge in [-0.15, -0.1) is 0 Å². The van der Waals surface area contributed by atoms with Crippen LogP contribution in [0, 0.1) is 6.92 Å². The van der Waals surface area contributed by atoms with Gasteiger partial charge in [0, 0.05) is 5.69 Å². The summed E-state index contributed by atoms with van der Waals surface area (Å²) in [6, 6.07) is 10.6. The number of fused-ring (bicyclic) bond motifs is 1. The molecule has 2 aromatic carbocycles. The van der Waals surface area contributed by atoms with Crippen molar-refractivity contribution in [3.8, 4) is 5.69 Å². The third kappa shape index (κ3) is 3.54. The number of carbonyl (C=O) groups excluding carboxylic acids is 1. The molecule has 4 rings (SSSR count). The standard InChI is InChI=1S/C20H14F3N5O2/c1-11-2-5-13(6-3-11)28-17(20(21,22)23)15(9-26-28)19(30)27-12-4-7-16-14(8-12)18(29)25-10-24-16/h2-10H,1H3,(H,27,30)(H,24,25,29). The summed E-state index contributed by atoms with van der Waals surface area (Å²) in [4.78, 5) is 30.9. The molecule has 2 heterocycles. The summed E-state index contributed by atoms with van der Waals surface area (Å²) < 4.78 is 42.0. The van der Waals surface area contributed by atoms with E-state index in [9.17, 15) is 22.8 Å². The van der Waals surface area contributed by atoms with E-state index in [-0.39, 0.29) is 16.8 Å². The van der Waals surface area contributed by atoms with Crippen molar-refractivity contribution in [2.24, 2.45) is 0 Å². The summed E-state index contributed by atoms with van der Waals surface area (Å²) in [6.07, 6.45) is -2.72. The van der Waals surface area contributed by atoms with Crippen LogP contribution in [-0.2, 0) is 6.18 Å². The fourth-order valence-corrected chi connectivity index (χ4v) is 3.01. The SMILES string of the molecule is Cc1ccc(-n2ncc(C(=O)Nc3ccc4nc[nH]c(=O)c4c3)c2C(F)(F)F)cc1. The first-order valence-corrected chi connectivity index (χ1v) is 8.75. The van der Waals surface area contributed by atoms with Crippen molar-refractivity contribution in [1.29, 1.82) is 0 Å². The molecule has 0 atom stereocenters. The van der Waals surface area contributed by atoms with Gasteiger partial charge in [-0.1, -0.05) is 17.7 Å². The fraction of sp³-hybridized carbons (Fsp3) is 0.100. The van der Waals surface area contributed by atoms with Gasteiger partial charge in [0.1, 0.15) is 0 Å². The Bertz CT molecular complexity index is 1310. The van der Waals surface area contributed by atoms with Crippen molar-refractivity contribution < 1.29 is 18.0 Å². The number of anilines is 1. The molecule has 4 aromatic rings. The topological polar surface area (TPSA) is 92.7 Å². The average molecular weight is 413 g/mol. The zero-order valence-electron chi connectivity index (χ0n) is 15.5. The van der Waals surface area contributed by atoms with Crippen LogP contribution < -0.4 is 10.9 Å². The van der Waals surface area contributed by atoms with Crippen LogP contribution >= 0.6 is 0 Å². The lowest BCUT2D eigenvalue weighted by Crippen LogP contribution is -2.20. The highest BCUT2D eigenvalue weighted by atomic mass is 19.4. The van der Waals surface area contributed by atoms with Crippen molar-refractivity contribution in [2.45, 2.75) is 13.1 Å². The van der Waals surface area contributed by atoms with Gasteiger partial charge in [0.15, 0.2) is 5.69 Å². The molecule has 0 aliphatic heterocycles. The van der Waals surface area contributed by atoms with E-state index >= 15 is 0 Å². The minimum atomic E-state index is -4.82. The van der Waals surface area contributed by atoms with E-state index in [1.807, 2.05) is 0 Å². The predicted octanol–water partition coefficient (Wildman–Crippen LogP) is 3.69. The second-order valence-corrected chi connectivity index (χ2v) is 6.57. The van der Waals surface area contributed by atoms with Crippen LogP contribution in [0.5, 0.6) is 0 Å². The number of alkyl halides is 3. The predicted molar refractivity (Wildman–Crippen MR) is 104 cm³/mol. The Balaban J connectivity index is 1.73. The molecule has 0 bridgehead atoms. The molecule has 0 saturated carbocycles. The van der Waals surface area contributed by atoms with E-state index in [2.05, 4.69) is 20.4 Å². The van der Waals surface area contributed by atoms with Crippen LogP contribution in [0.4, 0.5) is 18.9 Å². The van der Waals surface area contributed by atoms with E-state index in [1.54, 1.807) is 19.1 Å². The van der Waals surface area contributed by atoms with Gasteiger partial charge in [0.05, 0.1) is 34.7 Å². The smallest absolute Gasteiger partial charge is 0.322 e. The Labute approximate surface area is 167 Å². The molecule has 0 spiro atoms. The third-order valence-electron chi connectivity index (χ3n) is 4.46. The number of aromatic amines is 1. The van der Waals surface area contributed by atoms with Gasteiger partial charge in [0.2, 0.25) is 0 Å². The number of nitrogens with zero attached hydrogens (tertiary/aromatic N) is 3. The zero-order chi connectivity index (χ0) is 21.5. The third-order valence-corrected chi connectivity index (χ3v) is 4.46. The van der Waals surface area contributed by atoms with E-state index in [0.29, 0.717) is 10.2 Å². The van der Waals surface area contributed by atoms with Gasteiger partial charge in [-0.05, 0) is 37.3 Å². The molecule has 0 aliphatic rings. The van der Waals surface area contributed by atoms with E-state index in [4.69, 9.17) is 0 Å². The van der Waals surface area contributed by atoms with Crippen LogP contribution in [-0.4, -0.2) is 25.7 Å². The molecule has 2 N–H and O–H groups in total. The fourth-order valence-electron chi connectivity index (χ4n) is 3.01. The van der Waals surface area contributed by atoms with Gasteiger partial charge in [-0.25, -0.2) is 9.67 Å². The number of benzene rings is 2. The number of aromatic nitrogens is 4. The van der Waals surface area contributed by atoms with Gasteiger partial charge in [0.25, 0.3) is 11.5 Å². The Morgan fingerprint density at radius 3 is 2.57 bits per heavy atom. The maximum Gasteiger partial charge on any atom is 0.434 e. The number of nitrogens with one attached hydrogen (secondary N) is 2. The Morgan fingerprint density at radius 2 is 1.87 bits per heavy atom. The number of halogens is 3. The van der Waals surface area contributed by atoms with Crippen LogP contribution in [0.1, 0.15) is 21.6 Å². The van der Waals surface area contributed by atoms with Gasteiger partial charge >= 0.3 is 6.18 Å². The first-order valence-electron chi connectivity index (χ1n) is 8.75. The first-order chi connectivity index (χ1) is 14.2. The molecular weight excluding hydrogens is 399 g/mol. The van der Waals surface area contributed by atoms with Crippen molar-refractivity contribution in [2.75, 3.05) is 5.32 Å². The van der Waals surface area contributed by atoms with Gasteiger partial charge < -0.3 is 10.3 Å². The summed E-state index contributed by atoms with van der Waals surface area (Å²) >= 11 is 0. The van der Waals surface area contributed by atoms with Crippen LogP contribution in [0.25, 0.3) is 16.6 Å². The highest BCUT2D eigenvalue weighted by molar-refractivity contribution is 6.05. The molecule has 10 heteroatoms. The number of hydrogen-bond donors (Lipinski definition) is 2. The normalized spacial score (nSPS) is 11.6. The number of amides is 1. The zero-order valence-corrected chi connectivity index (χ0v) is 15.5. The van der Waals surface area contributed by atoms with E-state index < -0.39 is 28.9 Å². The largest absolute Gasteiger partial charge is 0.434 e. The quantitative estimate of drug-likeness (QED) is 0.536. The van der Waals surface area contributed by atoms with Crippen molar-refractivity contribution in [1.82, 2.24) is 19.7 Å². The Hall–Kier alpha value is -3.95. The van der Waals surface area contributed by atoms with E-state index in [0.717, 1.165) is 11.8 Å². The number of hydrogen-bond acceptors (Lipinski definition) is 4.